The molecule has 7 heteroatoms. The number of nitrogens with one attached hydrogen (secondary N) is 1. The number of rotatable bonds is 4. The highest BCUT2D eigenvalue weighted by Crippen LogP contribution is 2.27. The molecule has 27 heavy (non-hydrogen) atoms. The number of carbonyl (C=O) groups excluding carboxylic acids is 2. The maximum Gasteiger partial charge on any atom is 0.317 e. The smallest absolute Gasteiger partial charge is 0.317 e. The minimum absolute atomic E-state index is 0.0686. The molecule has 0 aromatic rings. The number of aliphatic carboxylic acids is 1. The van der Waals surface area contributed by atoms with Crippen LogP contribution in [0.4, 0.5) is 4.79 Å². The number of amides is 3. The first kappa shape index (κ1) is 20.0. The molecule has 3 fully saturated rings. The summed E-state index contributed by atoms with van der Waals surface area (Å²) < 4.78 is 0. The van der Waals surface area contributed by atoms with Gasteiger partial charge in [0, 0.05) is 38.6 Å². The number of nitrogens with zero attached hydrogens (tertiary/aromatic N) is 2. The second-order valence-electron chi connectivity index (χ2n) is 8.41. The van der Waals surface area contributed by atoms with Crippen molar-refractivity contribution in [2.24, 2.45) is 11.8 Å². The molecule has 0 atom stereocenters. The van der Waals surface area contributed by atoms with Crippen molar-refractivity contribution < 1.29 is 19.5 Å². The molecule has 1 aliphatic heterocycles. The van der Waals surface area contributed by atoms with Crippen LogP contribution in [0.2, 0.25) is 0 Å². The fraction of sp³-hybridized carbons (Fsp3) is 0.850. The third-order valence-corrected chi connectivity index (χ3v) is 6.51. The summed E-state index contributed by atoms with van der Waals surface area (Å²) in [6, 6.07) is -0.00721. The van der Waals surface area contributed by atoms with Crippen LogP contribution in [0.5, 0.6) is 0 Å². The predicted octanol–water partition coefficient (Wildman–Crippen LogP) is 2.45. The molecule has 2 aliphatic carbocycles. The van der Waals surface area contributed by atoms with E-state index in [4.69, 9.17) is 5.11 Å². The van der Waals surface area contributed by atoms with Crippen molar-refractivity contribution in [3.05, 3.63) is 0 Å². The highest BCUT2D eigenvalue weighted by atomic mass is 16.4. The summed E-state index contributed by atoms with van der Waals surface area (Å²) in [6.07, 6.45) is 9.53. The zero-order chi connectivity index (χ0) is 19.2. The average Bonchev–Trinajstić information content (AvgIpc) is 2.69. The lowest BCUT2D eigenvalue weighted by Gasteiger charge is -2.37. The molecule has 3 aliphatic rings. The summed E-state index contributed by atoms with van der Waals surface area (Å²) in [4.78, 5) is 39.7. The predicted molar refractivity (Wildman–Crippen MR) is 101 cm³/mol. The second-order valence-corrected chi connectivity index (χ2v) is 8.41. The standard InChI is InChI=1S/C20H33N3O4/c24-18(14-15-4-2-1-3-5-15)22-10-12-23(13-11-22)20(27)21-17-8-6-16(7-9-17)19(25)26/h15-17H,1-14H2,(H,21,27)(H,25,26). The Morgan fingerprint density at radius 3 is 2.00 bits per heavy atom. The van der Waals surface area contributed by atoms with Crippen LogP contribution in [0, 0.1) is 11.8 Å². The van der Waals surface area contributed by atoms with Gasteiger partial charge in [-0.15, -0.1) is 0 Å². The maximum atomic E-state index is 12.5. The van der Waals surface area contributed by atoms with Crippen molar-refractivity contribution in [3.63, 3.8) is 0 Å². The van der Waals surface area contributed by atoms with Crippen molar-refractivity contribution in [2.75, 3.05) is 26.2 Å². The van der Waals surface area contributed by atoms with E-state index in [1.807, 2.05) is 4.90 Å². The molecule has 7 nitrogen and oxygen atoms in total. The van der Waals surface area contributed by atoms with E-state index in [0.29, 0.717) is 51.4 Å². The largest absolute Gasteiger partial charge is 0.481 e. The first-order valence-electron chi connectivity index (χ1n) is 10.6. The Morgan fingerprint density at radius 1 is 0.815 bits per heavy atom. The molecule has 0 aromatic heterocycles. The molecule has 0 unspecified atom stereocenters. The molecule has 0 aromatic carbocycles. The van der Waals surface area contributed by atoms with E-state index in [-0.39, 0.29) is 23.9 Å². The number of carbonyl (C=O) groups is 3. The van der Waals surface area contributed by atoms with E-state index < -0.39 is 5.97 Å². The minimum atomic E-state index is -0.728. The van der Waals surface area contributed by atoms with Gasteiger partial charge in [-0.1, -0.05) is 19.3 Å². The number of carboxylic acids is 1. The lowest BCUT2D eigenvalue weighted by Crippen LogP contribution is -2.55. The number of urea groups is 1. The average molecular weight is 380 g/mol. The normalized spacial score (nSPS) is 27.3. The molecule has 1 saturated heterocycles. The van der Waals surface area contributed by atoms with Crippen molar-refractivity contribution >= 4 is 17.9 Å². The summed E-state index contributed by atoms with van der Waals surface area (Å²) in [7, 11) is 0. The maximum absolute atomic E-state index is 12.5. The van der Waals surface area contributed by atoms with Gasteiger partial charge >= 0.3 is 12.0 Å². The van der Waals surface area contributed by atoms with E-state index in [1.165, 1.54) is 32.1 Å². The van der Waals surface area contributed by atoms with Gasteiger partial charge in [-0.3, -0.25) is 9.59 Å². The quantitative estimate of drug-likeness (QED) is 0.785. The monoisotopic (exact) mass is 379 g/mol. The number of carboxylic acid groups (broad SMARTS) is 1. The molecule has 152 valence electrons. The fourth-order valence-electron chi connectivity index (χ4n) is 4.68. The van der Waals surface area contributed by atoms with E-state index in [9.17, 15) is 14.4 Å². The van der Waals surface area contributed by atoms with Gasteiger partial charge in [0.2, 0.25) is 5.91 Å². The van der Waals surface area contributed by atoms with Gasteiger partial charge in [0.15, 0.2) is 0 Å². The van der Waals surface area contributed by atoms with Gasteiger partial charge in [0.1, 0.15) is 0 Å². The van der Waals surface area contributed by atoms with E-state index in [2.05, 4.69) is 5.32 Å². The molecule has 0 bridgehead atoms. The van der Waals surface area contributed by atoms with Crippen LogP contribution < -0.4 is 5.32 Å². The number of hydrogen-bond acceptors (Lipinski definition) is 3. The van der Waals surface area contributed by atoms with Gasteiger partial charge in [0.25, 0.3) is 0 Å². The third kappa shape index (κ3) is 5.59. The summed E-state index contributed by atoms with van der Waals surface area (Å²) in [5.74, 6) is -0.201. The number of hydrogen-bond donors (Lipinski definition) is 2. The molecule has 3 rings (SSSR count). The van der Waals surface area contributed by atoms with Crippen molar-refractivity contribution in [1.29, 1.82) is 0 Å². The number of piperazine rings is 1. The Balaban J connectivity index is 1.36. The summed E-state index contributed by atoms with van der Waals surface area (Å²) in [5.41, 5.74) is 0. The van der Waals surface area contributed by atoms with Gasteiger partial charge in [-0.25, -0.2) is 4.79 Å². The van der Waals surface area contributed by atoms with Crippen molar-refractivity contribution in [2.45, 2.75) is 70.3 Å². The molecule has 0 spiro atoms. The van der Waals surface area contributed by atoms with Gasteiger partial charge in [0.05, 0.1) is 5.92 Å². The highest BCUT2D eigenvalue weighted by molar-refractivity contribution is 5.78. The molecular formula is C20H33N3O4. The van der Waals surface area contributed by atoms with E-state index in [0.717, 1.165) is 12.8 Å². The first-order chi connectivity index (χ1) is 13.0. The van der Waals surface area contributed by atoms with Crippen LogP contribution >= 0.6 is 0 Å². The Morgan fingerprint density at radius 2 is 1.41 bits per heavy atom. The lowest BCUT2D eigenvalue weighted by atomic mass is 9.86. The van der Waals surface area contributed by atoms with Crippen molar-refractivity contribution in [1.82, 2.24) is 15.1 Å². The third-order valence-electron chi connectivity index (χ3n) is 6.51. The molecule has 0 radical (unpaired) electrons. The topological polar surface area (TPSA) is 89.9 Å². The second kappa shape index (κ2) is 9.42. The Kier molecular flexibility index (Phi) is 6.96. The highest BCUT2D eigenvalue weighted by Gasteiger charge is 2.30. The Labute approximate surface area is 161 Å². The first-order valence-corrected chi connectivity index (χ1v) is 10.6. The zero-order valence-electron chi connectivity index (χ0n) is 16.2. The summed E-state index contributed by atoms with van der Waals surface area (Å²) in [6.45, 7) is 2.38. The minimum Gasteiger partial charge on any atom is -0.481 e. The van der Waals surface area contributed by atoms with Gasteiger partial charge < -0.3 is 20.2 Å². The van der Waals surface area contributed by atoms with Crippen LogP contribution in [0.1, 0.15) is 64.2 Å². The van der Waals surface area contributed by atoms with Crippen LogP contribution in [0.3, 0.4) is 0 Å². The summed E-state index contributed by atoms with van der Waals surface area (Å²) >= 11 is 0. The SMILES string of the molecule is O=C(O)C1CCC(NC(=O)N2CCN(C(=O)CC3CCCCC3)CC2)CC1. The Hall–Kier alpha value is -1.79. The van der Waals surface area contributed by atoms with Crippen LogP contribution in [-0.4, -0.2) is 65.0 Å². The van der Waals surface area contributed by atoms with E-state index >= 15 is 0 Å². The molecule has 2 N–H and O–H groups in total. The fourth-order valence-corrected chi connectivity index (χ4v) is 4.68. The summed E-state index contributed by atoms with van der Waals surface area (Å²) in [5, 5.41) is 12.1. The van der Waals surface area contributed by atoms with Crippen LogP contribution in [-0.2, 0) is 9.59 Å². The van der Waals surface area contributed by atoms with Gasteiger partial charge in [-0.05, 0) is 44.4 Å². The molecule has 1 heterocycles. The van der Waals surface area contributed by atoms with Crippen LogP contribution in [0.15, 0.2) is 0 Å². The molecule has 2 saturated carbocycles. The van der Waals surface area contributed by atoms with Gasteiger partial charge in [-0.2, -0.15) is 0 Å². The Bertz CT molecular complexity index is 531. The van der Waals surface area contributed by atoms with Crippen molar-refractivity contribution in [3.8, 4) is 0 Å². The van der Waals surface area contributed by atoms with Crippen LogP contribution in [0.25, 0.3) is 0 Å². The zero-order valence-corrected chi connectivity index (χ0v) is 16.2. The van der Waals surface area contributed by atoms with E-state index in [1.54, 1.807) is 4.90 Å². The lowest BCUT2D eigenvalue weighted by molar-refractivity contribution is -0.143. The molecule has 3 amide bonds. The molecular weight excluding hydrogens is 346 g/mol.